The second kappa shape index (κ2) is 6.95. The van der Waals surface area contributed by atoms with Gasteiger partial charge < -0.3 is 9.64 Å². The van der Waals surface area contributed by atoms with Crippen molar-refractivity contribution in [3.63, 3.8) is 0 Å². The van der Waals surface area contributed by atoms with Crippen LogP contribution in [0.3, 0.4) is 0 Å². The maximum atomic E-state index is 6.09. The van der Waals surface area contributed by atoms with E-state index in [1.807, 2.05) is 36.4 Å². The summed E-state index contributed by atoms with van der Waals surface area (Å²) in [6, 6.07) is 20.5. The molecular formula is C17H21NO. The van der Waals surface area contributed by atoms with Gasteiger partial charge >= 0.3 is 0 Å². The molecule has 0 aromatic heterocycles. The molecule has 2 rings (SSSR count). The first kappa shape index (κ1) is 13.6. The number of para-hydroxylation sites is 1. The van der Waals surface area contributed by atoms with Crippen molar-refractivity contribution in [2.24, 2.45) is 0 Å². The van der Waals surface area contributed by atoms with E-state index in [0.29, 0.717) is 0 Å². The molecule has 0 N–H and O–H groups in total. The fourth-order valence-electron chi connectivity index (χ4n) is 2.12. The predicted octanol–water partition coefficient (Wildman–Crippen LogP) is 3.24. The Morgan fingerprint density at radius 3 is 2.05 bits per heavy atom. The zero-order valence-corrected chi connectivity index (χ0v) is 11.6. The fraction of sp³-hybridized carbons (Fsp3) is 0.294. The van der Waals surface area contributed by atoms with Crippen molar-refractivity contribution in [1.82, 2.24) is 4.90 Å². The van der Waals surface area contributed by atoms with E-state index in [9.17, 15) is 0 Å². The lowest BCUT2D eigenvalue weighted by molar-refractivity contribution is 0.160. The number of likely N-dealkylation sites (N-methyl/N-ethyl adjacent to an activating group) is 1. The standard InChI is InChI=1S/C17H21NO/c1-18(2)14-17(13-15-9-5-3-6-10-15)19-16-11-7-4-8-12-16/h3-12,17H,13-14H2,1-2H3/t17-/m0/s1. The Kier molecular flexibility index (Phi) is 4.99. The molecule has 19 heavy (non-hydrogen) atoms. The molecule has 2 heteroatoms. The molecule has 0 unspecified atom stereocenters. The van der Waals surface area contributed by atoms with Gasteiger partial charge in [-0.1, -0.05) is 48.5 Å². The average molecular weight is 255 g/mol. The minimum absolute atomic E-state index is 0.166. The van der Waals surface area contributed by atoms with Crippen molar-refractivity contribution < 1.29 is 4.74 Å². The minimum atomic E-state index is 0.166. The number of ether oxygens (including phenoxy) is 1. The van der Waals surface area contributed by atoms with E-state index in [1.54, 1.807) is 0 Å². The van der Waals surface area contributed by atoms with Gasteiger partial charge in [0.05, 0.1) is 0 Å². The van der Waals surface area contributed by atoms with E-state index < -0.39 is 0 Å². The number of hydrogen-bond acceptors (Lipinski definition) is 2. The first-order valence-electron chi connectivity index (χ1n) is 6.64. The third kappa shape index (κ3) is 4.76. The zero-order valence-electron chi connectivity index (χ0n) is 11.6. The summed E-state index contributed by atoms with van der Waals surface area (Å²) in [6.45, 7) is 0.907. The minimum Gasteiger partial charge on any atom is -0.489 e. The van der Waals surface area contributed by atoms with Crippen molar-refractivity contribution in [2.75, 3.05) is 20.6 Å². The van der Waals surface area contributed by atoms with E-state index in [4.69, 9.17) is 4.74 Å². The lowest BCUT2D eigenvalue weighted by atomic mass is 10.1. The van der Waals surface area contributed by atoms with Crippen molar-refractivity contribution in [1.29, 1.82) is 0 Å². The van der Waals surface area contributed by atoms with Crippen LogP contribution in [-0.4, -0.2) is 31.6 Å². The summed E-state index contributed by atoms with van der Waals surface area (Å²) in [4.78, 5) is 2.16. The largest absolute Gasteiger partial charge is 0.489 e. The number of rotatable bonds is 6. The molecule has 0 aliphatic rings. The van der Waals surface area contributed by atoms with Crippen LogP contribution in [0.2, 0.25) is 0 Å². The Morgan fingerprint density at radius 1 is 0.895 bits per heavy atom. The van der Waals surface area contributed by atoms with Crippen LogP contribution in [0.25, 0.3) is 0 Å². The van der Waals surface area contributed by atoms with Crippen LogP contribution < -0.4 is 4.74 Å². The predicted molar refractivity (Wildman–Crippen MR) is 79.6 cm³/mol. The first-order valence-corrected chi connectivity index (χ1v) is 6.64. The molecule has 0 aliphatic heterocycles. The van der Waals surface area contributed by atoms with E-state index >= 15 is 0 Å². The van der Waals surface area contributed by atoms with Crippen LogP contribution in [0.5, 0.6) is 5.75 Å². The molecule has 2 aromatic rings. The second-order valence-corrected chi connectivity index (χ2v) is 5.00. The van der Waals surface area contributed by atoms with Crippen LogP contribution in [0.4, 0.5) is 0 Å². The van der Waals surface area contributed by atoms with Crippen molar-refractivity contribution in [3.8, 4) is 5.75 Å². The topological polar surface area (TPSA) is 12.5 Å². The highest BCUT2D eigenvalue weighted by molar-refractivity contribution is 5.22. The van der Waals surface area contributed by atoms with Gasteiger partial charge in [-0.15, -0.1) is 0 Å². The summed E-state index contributed by atoms with van der Waals surface area (Å²) < 4.78 is 6.09. The summed E-state index contributed by atoms with van der Waals surface area (Å²) in [5.74, 6) is 0.935. The molecule has 0 bridgehead atoms. The van der Waals surface area contributed by atoms with Gasteiger partial charge in [-0.2, -0.15) is 0 Å². The Bertz CT molecular complexity index is 426. The number of benzene rings is 2. The molecule has 0 aliphatic carbocycles. The average Bonchev–Trinajstić information content (AvgIpc) is 2.40. The second-order valence-electron chi connectivity index (χ2n) is 5.00. The van der Waals surface area contributed by atoms with E-state index in [2.05, 4.69) is 43.3 Å². The third-order valence-corrected chi connectivity index (χ3v) is 2.92. The molecule has 1 atom stereocenters. The summed E-state index contributed by atoms with van der Waals surface area (Å²) >= 11 is 0. The third-order valence-electron chi connectivity index (χ3n) is 2.92. The molecule has 0 fully saturated rings. The van der Waals surface area contributed by atoms with Gasteiger partial charge in [0.1, 0.15) is 11.9 Å². The molecule has 100 valence electrons. The van der Waals surface area contributed by atoms with Crippen LogP contribution >= 0.6 is 0 Å². The Hall–Kier alpha value is -1.80. The Balaban J connectivity index is 2.03. The summed E-state index contributed by atoms with van der Waals surface area (Å²) in [5.41, 5.74) is 1.31. The van der Waals surface area contributed by atoms with Crippen molar-refractivity contribution >= 4 is 0 Å². The van der Waals surface area contributed by atoms with E-state index in [-0.39, 0.29) is 6.10 Å². The van der Waals surface area contributed by atoms with Gasteiger partial charge in [0.15, 0.2) is 0 Å². The Morgan fingerprint density at radius 2 is 1.47 bits per heavy atom. The van der Waals surface area contributed by atoms with Crippen LogP contribution in [0, 0.1) is 0 Å². The van der Waals surface area contributed by atoms with Gasteiger partial charge in [-0.05, 0) is 31.8 Å². The number of nitrogens with zero attached hydrogens (tertiary/aromatic N) is 1. The van der Waals surface area contributed by atoms with Gasteiger partial charge in [-0.25, -0.2) is 0 Å². The quantitative estimate of drug-likeness (QED) is 0.785. The smallest absolute Gasteiger partial charge is 0.119 e. The molecular weight excluding hydrogens is 234 g/mol. The lowest BCUT2D eigenvalue weighted by Crippen LogP contribution is -2.32. The van der Waals surface area contributed by atoms with Crippen LogP contribution in [0.1, 0.15) is 5.56 Å². The van der Waals surface area contributed by atoms with Crippen LogP contribution in [-0.2, 0) is 6.42 Å². The summed E-state index contributed by atoms with van der Waals surface area (Å²) in [7, 11) is 4.15. The molecule has 0 spiro atoms. The molecule has 0 heterocycles. The molecule has 2 aromatic carbocycles. The van der Waals surface area contributed by atoms with Gasteiger partial charge in [-0.3, -0.25) is 0 Å². The van der Waals surface area contributed by atoms with Gasteiger partial charge in [0.25, 0.3) is 0 Å². The molecule has 0 amide bonds. The summed E-state index contributed by atoms with van der Waals surface area (Å²) in [6.07, 6.45) is 1.09. The maximum absolute atomic E-state index is 6.09. The van der Waals surface area contributed by atoms with E-state index in [0.717, 1.165) is 18.7 Å². The zero-order chi connectivity index (χ0) is 13.5. The highest BCUT2D eigenvalue weighted by Crippen LogP contribution is 2.14. The monoisotopic (exact) mass is 255 g/mol. The highest BCUT2D eigenvalue weighted by Gasteiger charge is 2.12. The molecule has 2 nitrogen and oxygen atoms in total. The van der Waals surface area contributed by atoms with E-state index in [1.165, 1.54) is 5.56 Å². The van der Waals surface area contributed by atoms with Gasteiger partial charge in [0.2, 0.25) is 0 Å². The molecule has 0 saturated heterocycles. The lowest BCUT2D eigenvalue weighted by Gasteiger charge is -2.22. The molecule has 0 radical (unpaired) electrons. The number of hydrogen-bond donors (Lipinski definition) is 0. The fourth-order valence-corrected chi connectivity index (χ4v) is 2.12. The maximum Gasteiger partial charge on any atom is 0.119 e. The van der Waals surface area contributed by atoms with Crippen molar-refractivity contribution in [2.45, 2.75) is 12.5 Å². The first-order chi connectivity index (χ1) is 9.24. The molecule has 0 saturated carbocycles. The van der Waals surface area contributed by atoms with Gasteiger partial charge in [0, 0.05) is 13.0 Å². The summed E-state index contributed by atoms with van der Waals surface area (Å²) in [5, 5.41) is 0. The van der Waals surface area contributed by atoms with Crippen LogP contribution in [0.15, 0.2) is 60.7 Å². The normalized spacial score (nSPS) is 12.4. The SMILES string of the molecule is CN(C)C[C@H](Cc1ccccc1)Oc1ccccc1. The Labute approximate surface area is 115 Å². The highest BCUT2D eigenvalue weighted by atomic mass is 16.5. The van der Waals surface area contributed by atoms with Crippen molar-refractivity contribution in [3.05, 3.63) is 66.2 Å².